The van der Waals surface area contributed by atoms with E-state index in [0.717, 1.165) is 32.5 Å². The highest BCUT2D eigenvalue weighted by atomic mass is 79.9. The number of benzene rings is 1. The SMILES string of the molecule is CCN1CCC(N(C)S(=O)(=O)c2ccc(F)cc2Br)CC1. The van der Waals surface area contributed by atoms with Gasteiger partial charge in [-0.1, -0.05) is 6.92 Å². The number of hydrogen-bond acceptors (Lipinski definition) is 3. The number of rotatable bonds is 4. The Morgan fingerprint density at radius 1 is 1.38 bits per heavy atom. The van der Waals surface area contributed by atoms with E-state index in [1.54, 1.807) is 7.05 Å². The molecule has 0 atom stereocenters. The Kier molecular flexibility index (Phi) is 5.40. The summed E-state index contributed by atoms with van der Waals surface area (Å²) in [6, 6.07) is 3.66. The van der Waals surface area contributed by atoms with E-state index < -0.39 is 15.8 Å². The number of likely N-dealkylation sites (tertiary alicyclic amines) is 1. The first kappa shape index (κ1) is 16.9. The Labute approximate surface area is 134 Å². The molecule has 1 fully saturated rings. The second-order valence-corrected chi connectivity index (χ2v) is 8.08. The van der Waals surface area contributed by atoms with Crippen molar-refractivity contribution in [2.75, 3.05) is 26.7 Å². The maximum Gasteiger partial charge on any atom is 0.244 e. The van der Waals surface area contributed by atoms with E-state index >= 15 is 0 Å². The van der Waals surface area contributed by atoms with Gasteiger partial charge in [0.1, 0.15) is 5.82 Å². The molecule has 0 unspecified atom stereocenters. The van der Waals surface area contributed by atoms with Gasteiger partial charge in [0.2, 0.25) is 10.0 Å². The first-order valence-electron chi connectivity index (χ1n) is 7.01. The molecule has 2 rings (SSSR count). The molecule has 1 aliphatic heterocycles. The van der Waals surface area contributed by atoms with Crippen molar-refractivity contribution in [3.63, 3.8) is 0 Å². The minimum Gasteiger partial charge on any atom is -0.303 e. The highest BCUT2D eigenvalue weighted by molar-refractivity contribution is 9.10. The maximum absolute atomic E-state index is 13.1. The van der Waals surface area contributed by atoms with Crippen molar-refractivity contribution in [2.45, 2.75) is 30.7 Å². The summed E-state index contributed by atoms with van der Waals surface area (Å²) in [7, 11) is -2.00. The zero-order valence-electron chi connectivity index (χ0n) is 12.2. The van der Waals surface area contributed by atoms with Crippen molar-refractivity contribution in [2.24, 2.45) is 0 Å². The van der Waals surface area contributed by atoms with Crippen LogP contribution >= 0.6 is 15.9 Å². The van der Waals surface area contributed by atoms with E-state index in [1.165, 1.54) is 22.5 Å². The normalized spacial score (nSPS) is 18.3. The van der Waals surface area contributed by atoms with Crippen molar-refractivity contribution < 1.29 is 12.8 Å². The lowest BCUT2D eigenvalue weighted by Crippen LogP contribution is -2.45. The first-order chi connectivity index (χ1) is 9.86. The quantitative estimate of drug-likeness (QED) is 0.808. The van der Waals surface area contributed by atoms with Crippen LogP contribution in [0.5, 0.6) is 0 Å². The summed E-state index contributed by atoms with van der Waals surface area (Å²) in [5.41, 5.74) is 0. The van der Waals surface area contributed by atoms with Crippen LogP contribution < -0.4 is 0 Å². The molecule has 0 saturated carbocycles. The Bertz CT molecular complexity index is 601. The molecule has 1 aromatic rings. The molecule has 118 valence electrons. The van der Waals surface area contributed by atoms with Crippen molar-refractivity contribution in [1.82, 2.24) is 9.21 Å². The van der Waals surface area contributed by atoms with Crippen LogP contribution in [0.4, 0.5) is 4.39 Å². The topological polar surface area (TPSA) is 40.6 Å². The molecule has 7 heteroatoms. The Morgan fingerprint density at radius 2 is 2.00 bits per heavy atom. The largest absolute Gasteiger partial charge is 0.303 e. The molecule has 4 nitrogen and oxygen atoms in total. The summed E-state index contributed by atoms with van der Waals surface area (Å²) in [4.78, 5) is 2.43. The van der Waals surface area contributed by atoms with E-state index in [9.17, 15) is 12.8 Å². The monoisotopic (exact) mass is 378 g/mol. The average molecular weight is 379 g/mol. The Balaban J connectivity index is 2.19. The van der Waals surface area contributed by atoms with Crippen LogP contribution in [0.3, 0.4) is 0 Å². The van der Waals surface area contributed by atoms with Gasteiger partial charge in [-0.3, -0.25) is 0 Å². The lowest BCUT2D eigenvalue weighted by atomic mass is 10.1. The van der Waals surface area contributed by atoms with Crippen LogP contribution in [-0.2, 0) is 10.0 Å². The van der Waals surface area contributed by atoms with Crippen molar-refractivity contribution in [3.8, 4) is 0 Å². The minimum atomic E-state index is -3.61. The predicted octanol–water partition coefficient (Wildman–Crippen LogP) is 2.69. The first-order valence-corrected chi connectivity index (χ1v) is 9.25. The second kappa shape index (κ2) is 6.73. The van der Waals surface area contributed by atoms with Gasteiger partial charge in [-0.25, -0.2) is 12.8 Å². The summed E-state index contributed by atoms with van der Waals surface area (Å²) < 4.78 is 40.2. The number of hydrogen-bond donors (Lipinski definition) is 0. The smallest absolute Gasteiger partial charge is 0.244 e. The predicted molar refractivity (Wildman–Crippen MR) is 84.2 cm³/mol. The van der Waals surface area contributed by atoms with Crippen LogP contribution in [0.25, 0.3) is 0 Å². The summed E-state index contributed by atoms with van der Waals surface area (Å²) in [5, 5.41) is 0. The highest BCUT2D eigenvalue weighted by Gasteiger charge is 2.31. The molecule has 0 spiro atoms. The zero-order chi connectivity index (χ0) is 15.6. The van der Waals surface area contributed by atoms with Crippen molar-refractivity contribution >= 4 is 26.0 Å². The van der Waals surface area contributed by atoms with Gasteiger partial charge in [0.15, 0.2) is 0 Å². The van der Waals surface area contributed by atoms with E-state index in [1.807, 2.05) is 0 Å². The molecule has 0 radical (unpaired) electrons. The van der Waals surface area contributed by atoms with Crippen LogP contribution in [-0.4, -0.2) is 50.3 Å². The molecular formula is C14H20BrFN2O2S. The van der Waals surface area contributed by atoms with Crippen LogP contribution in [0.15, 0.2) is 27.6 Å². The van der Waals surface area contributed by atoms with Crippen LogP contribution in [0.2, 0.25) is 0 Å². The molecule has 0 amide bonds. The third-order valence-corrected chi connectivity index (χ3v) is 6.96. The van der Waals surface area contributed by atoms with Gasteiger partial charge in [-0.05, 0) is 66.6 Å². The van der Waals surface area contributed by atoms with Gasteiger partial charge in [0.25, 0.3) is 0 Å². The lowest BCUT2D eigenvalue weighted by Gasteiger charge is -2.35. The van der Waals surface area contributed by atoms with E-state index in [4.69, 9.17) is 0 Å². The molecule has 0 N–H and O–H groups in total. The van der Waals surface area contributed by atoms with Crippen LogP contribution in [0.1, 0.15) is 19.8 Å². The minimum absolute atomic E-state index is 0.00486. The molecule has 1 heterocycles. The van der Waals surface area contributed by atoms with Gasteiger partial charge >= 0.3 is 0 Å². The molecule has 0 bridgehead atoms. The summed E-state index contributed by atoms with van der Waals surface area (Å²) in [6.45, 7) is 4.92. The third-order valence-electron chi connectivity index (χ3n) is 4.07. The lowest BCUT2D eigenvalue weighted by molar-refractivity contribution is 0.176. The van der Waals surface area contributed by atoms with Gasteiger partial charge in [0.05, 0.1) is 4.90 Å². The molecule has 1 saturated heterocycles. The number of halogens is 2. The molecule has 0 aromatic heterocycles. The highest BCUT2D eigenvalue weighted by Crippen LogP contribution is 2.28. The van der Waals surface area contributed by atoms with Gasteiger partial charge in [-0.15, -0.1) is 0 Å². The standard InChI is InChI=1S/C14H20BrFN2O2S/c1-3-18-8-6-12(7-9-18)17(2)21(19,20)14-5-4-11(16)10-13(14)15/h4-5,10,12H,3,6-9H2,1-2H3. The van der Waals surface area contributed by atoms with E-state index in [0.29, 0.717) is 0 Å². The number of piperidine rings is 1. The zero-order valence-corrected chi connectivity index (χ0v) is 14.6. The van der Waals surface area contributed by atoms with Crippen LogP contribution in [0, 0.1) is 5.82 Å². The van der Waals surface area contributed by atoms with E-state index in [2.05, 4.69) is 27.8 Å². The molecular weight excluding hydrogens is 359 g/mol. The molecule has 21 heavy (non-hydrogen) atoms. The number of sulfonamides is 1. The van der Waals surface area contributed by atoms with Crippen molar-refractivity contribution in [1.29, 1.82) is 0 Å². The van der Waals surface area contributed by atoms with Gasteiger partial charge in [-0.2, -0.15) is 4.31 Å². The Morgan fingerprint density at radius 3 is 2.52 bits per heavy atom. The van der Waals surface area contributed by atoms with Gasteiger partial charge in [0, 0.05) is 17.6 Å². The fraction of sp³-hybridized carbons (Fsp3) is 0.571. The van der Waals surface area contributed by atoms with E-state index in [-0.39, 0.29) is 15.4 Å². The summed E-state index contributed by atoms with van der Waals surface area (Å²) in [6.07, 6.45) is 1.64. The Hall–Kier alpha value is -0.500. The third kappa shape index (κ3) is 3.64. The second-order valence-electron chi connectivity index (χ2n) is 5.26. The molecule has 1 aliphatic rings. The number of nitrogens with zero attached hydrogens (tertiary/aromatic N) is 2. The van der Waals surface area contributed by atoms with Crippen molar-refractivity contribution in [3.05, 3.63) is 28.5 Å². The fourth-order valence-electron chi connectivity index (χ4n) is 2.63. The summed E-state index contributed by atoms with van der Waals surface area (Å²) >= 11 is 3.14. The maximum atomic E-state index is 13.1. The summed E-state index contributed by atoms with van der Waals surface area (Å²) in [5.74, 6) is -0.459. The average Bonchev–Trinajstić information content (AvgIpc) is 2.46. The molecule has 0 aliphatic carbocycles. The van der Waals surface area contributed by atoms with Gasteiger partial charge < -0.3 is 4.90 Å². The fourth-order valence-corrected chi connectivity index (χ4v) is 5.06. The molecule has 1 aromatic carbocycles.